The van der Waals surface area contributed by atoms with Crippen molar-refractivity contribution in [3.63, 3.8) is 0 Å². The van der Waals surface area contributed by atoms with Crippen LogP contribution in [0.1, 0.15) is 44.7 Å². The van der Waals surface area contributed by atoms with Crippen molar-refractivity contribution in [2.45, 2.75) is 51.9 Å². The monoisotopic (exact) mass is 451 g/mol. The molecule has 2 aliphatic heterocycles. The number of nitrogens with one attached hydrogen (secondary N) is 2. The smallest absolute Gasteiger partial charge is 0.264 e. The van der Waals surface area contributed by atoms with E-state index in [9.17, 15) is 19.5 Å². The van der Waals surface area contributed by atoms with Gasteiger partial charge in [-0.2, -0.15) is 0 Å². The van der Waals surface area contributed by atoms with Gasteiger partial charge < -0.3 is 25.4 Å². The minimum atomic E-state index is -1.15. The van der Waals surface area contributed by atoms with Crippen molar-refractivity contribution in [3.05, 3.63) is 53.6 Å². The second-order valence-electron chi connectivity index (χ2n) is 8.81. The van der Waals surface area contributed by atoms with E-state index in [0.29, 0.717) is 30.8 Å². The highest BCUT2D eigenvalue weighted by molar-refractivity contribution is 6.08. The van der Waals surface area contributed by atoms with Crippen LogP contribution in [0.2, 0.25) is 0 Å². The third kappa shape index (κ3) is 4.24. The molecule has 174 valence electrons. The maximum Gasteiger partial charge on any atom is 0.264 e. The molecular weight excluding hydrogens is 422 g/mol. The lowest BCUT2D eigenvalue weighted by molar-refractivity contribution is -0.146. The quantitative estimate of drug-likeness (QED) is 0.625. The summed E-state index contributed by atoms with van der Waals surface area (Å²) in [6.07, 6.45) is 0.906. The molecule has 0 aromatic heterocycles. The molecule has 2 aliphatic rings. The zero-order chi connectivity index (χ0) is 23.8. The zero-order valence-electron chi connectivity index (χ0n) is 19.1. The highest BCUT2D eigenvalue weighted by Crippen LogP contribution is 2.54. The van der Waals surface area contributed by atoms with Crippen molar-refractivity contribution in [2.75, 3.05) is 22.1 Å². The number of nitrogens with zero attached hydrogens (tertiary/aromatic N) is 1. The normalized spacial score (nSPS) is 23.6. The highest BCUT2D eigenvalue weighted by atomic mass is 16.5. The van der Waals surface area contributed by atoms with E-state index in [0.717, 1.165) is 16.8 Å². The number of carbonyl (C=O) groups excluding carboxylic acids is 3. The Morgan fingerprint density at radius 1 is 1.09 bits per heavy atom. The number of hydrogen-bond acceptors (Lipinski definition) is 5. The van der Waals surface area contributed by atoms with Gasteiger partial charge in [-0.25, -0.2) is 0 Å². The van der Waals surface area contributed by atoms with E-state index in [4.69, 9.17) is 4.74 Å². The molecule has 0 unspecified atom stereocenters. The lowest BCUT2D eigenvalue weighted by Crippen LogP contribution is -2.43. The van der Waals surface area contributed by atoms with Gasteiger partial charge in [0.15, 0.2) is 5.60 Å². The fraction of sp³-hybridized carbons (Fsp3) is 0.400. The predicted octanol–water partition coefficient (Wildman–Crippen LogP) is 3.15. The van der Waals surface area contributed by atoms with Crippen LogP contribution in [0, 0.1) is 5.92 Å². The van der Waals surface area contributed by atoms with Crippen molar-refractivity contribution in [3.8, 4) is 0 Å². The molecule has 0 saturated carbocycles. The maximum absolute atomic E-state index is 13.9. The summed E-state index contributed by atoms with van der Waals surface area (Å²) in [5, 5.41) is 15.0. The fourth-order valence-corrected chi connectivity index (χ4v) is 4.91. The zero-order valence-corrected chi connectivity index (χ0v) is 19.1. The van der Waals surface area contributed by atoms with Crippen LogP contribution in [0.25, 0.3) is 0 Å². The van der Waals surface area contributed by atoms with Gasteiger partial charge in [0.25, 0.3) is 5.91 Å². The Morgan fingerprint density at radius 2 is 1.73 bits per heavy atom. The number of hydrogen-bond donors (Lipinski definition) is 3. The first-order valence-corrected chi connectivity index (χ1v) is 11.1. The third-order valence-electron chi connectivity index (χ3n) is 6.30. The Labute approximate surface area is 192 Å². The topological polar surface area (TPSA) is 108 Å². The van der Waals surface area contributed by atoms with E-state index in [1.807, 2.05) is 31.2 Å². The molecule has 3 atom stereocenters. The molecule has 2 heterocycles. The predicted molar refractivity (Wildman–Crippen MR) is 125 cm³/mol. The number of fused-ring (bicyclic) bond motifs is 2. The SMILES string of the molecule is CC(=O)Nc1ccc(CN2C(=O)[C@@]3(O[C@@H](CCO)C[C@H]3C)c3cc(NC(C)=O)ccc32)cc1. The van der Waals surface area contributed by atoms with E-state index in [-0.39, 0.29) is 36.4 Å². The van der Waals surface area contributed by atoms with Crippen molar-refractivity contribution in [2.24, 2.45) is 5.92 Å². The van der Waals surface area contributed by atoms with Gasteiger partial charge in [0.1, 0.15) is 0 Å². The summed E-state index contributed by atoms with van der Waals surface area (Å²) >= 11 is 0. The van der Waals surface area contributed by atoms with Crippen LogP contribution < -0.4 is 15.5 Å². The summed E-state index contributed by atoms with van der Waals surface area (Å²) in [4.78, 5) is 38.5. The first-order valence-electron chi connectivity index (χ1n) is 11.1. The van der Waals surface area contributed by atoms with Crippen LogP contribution in [-0.2, 0) is 31.3 Å². The standard InChI is InChI=1S/C25H29N3O5/c1-15-12-21(10-11-29)33-25(15)22-13-20(27-17(3)31)8-9-23(22)28(24(25)32)14-18-4-6-19(7-5-18)26-16(2)30/h4-9,13,15,21,29H,10-12,14H2,1-3H3,(H,26,30)(H,27,31)/t15-,21+,25+/m1/s1. The van der Waals surface area contributed by atoms with Gasteiger partial charge in [-0.3, -0.25) is 14.4 Å². The number of aliphatic hydroxyl groups is 1. The van der Waals surface area contributed by atoms with Gasteiger partial charge in [0.2, 0.25) is 11.8 Å². The molecule has 3 N–H and O–H groups in total. The number of amides is 3. The lowest BCUT2D eigenvalue weighted by Gasteiger charge is -2.28. The molecule has 0 bridgehead atoms. The van der Waals surface area contributed by atoms with Gasteiger partial charge in [-0.1, -0.05) is 19.1 Å². The Balaban J connectivity index is 1.71. The van der Waals surface area contributed by atoms with E-state index in [2.05, 4.69) is 10.6 Å². The van der Waals surface area contributed by atoms with Crippen LogP contribution in [0.3, 0.4) is 0 Å². The van der Waals surface area contributed by atoms with E-state index < -0.39 is 5.60 Å². The molecule has 1 saturated heterocycles. The summed E-state index contributed by atoms with van der Waals surface area (Å²) in [6.45, 7) is 5.22. The summed E-state index contributed by atoms with van der Waals surface area (Å²) in [5.41, 5.74) is 2.54. The first-order chi connectivity index (χ1) is 15.7. The maximum atomic E-state index is 13.9. The molecule has 2 aromatic carbocycles. The number of benzene rings is 2. The molecule has 1 fully saturated rings. The molecule has 33 heavy (non-hydrogen) atoms. The summed E-state index contributed by atoms with van der Waals surface area (Å²) in [7, 11) is 0. The molecule has 0 aliphatic carbocycles. The van der Waals surface area contributed by atoms with Crippen LogP contribution >= 0.6 is 0 Å². The van der Waals surface area contributed by atoms with Gasteiger partial charge >= 0.3 is 0 Å². The summed E-state index contributed by atoms with van der Waals surface area (Å²) in [6, 6.07) is 12.8. The Bertz CT molecular complexity index is 1080. The van der Waals surface area contributed by atoms with Gasteiger partial charge in [0.05, 0.1) is 18.3 Å². The van der Waals surface area contributed by atoms with Crippen molar-refractivity contribution in [1.29, 1.82) is 0 Å². The summed E-state index contributed by atoms with van der Waals surface area (Å²) < 4.78 is 6.38. The van der Waals surface area contributed by atoms with Crippen molar-refractivity contribution >= 4 is 34.8 Å². The van der Waals surface area contributed by atoms with Gasteiger partial charge in [-0.15, -0.1) is 0 Å². The molecule has 1 spiro atoms. The first kappa shape index (κ1) is 22.9. The minimum absolute atomic E-state index is 0.00912. The Hall–Kier alpha value is -3.23. The number of aliphatic hydroxyl groups excluding tert-OH is 1. The average molecular weight is 452 g/mol. The molecule has 8 nitrogen and oxygen atoms in total. The molecular formula is C25H29N3O5. The lowest BCUT2D eigenvalue weighted by atomic mass is 9.83. The number of rotatable bonds is 6. The number of anilines is 3. The molecule has 3 amide bonds. The third-order valence-corrected chi connectivity index (χ3v) is 6.30. The molecule has 0 radical (unpaired) electrons. The van der Waals surface area contributed by atoms with Crippen LogP contribution in [0.15, 0.2) is 42.5 Å². The molecule has 4 rings (SSSR count). The average Bonchev–Trinajstić information content (AvgIpc) is 3.19. The molecule has 2 aromatic rings. The Morgan fingerprint density at radius 3 is 2.36 bits per heavy atom. The van der Waals surface area contributed by atoms with E-state index in [1.165, 1.54) is 13.8 Å². The van der Waals surface area contributed by atoms with E-state index in [1.54, 1.807) is 23.1 Å². The van der Waals surface area contributed by atoms with Gasteiger partial charge in [0, 0.05) is 43.3 Å². The highest BCUT2D eigenvalue weighted by Gasteiger charge is 2.60. The second kappa shape index (κ2) is 8.96. The fourth-order valence-electron chi connectivity index (χ4n) is 4.91. The Kier molecular flexibility index (Phi) is 6.23. The van der Waals surface area contributed by atoms with Crippen LogP contribution in [-0.4, -0.2) is 35.5 Å². The van der Waals surface area contributed by atoms with Crippen LogP contribution in [0.5, 0.6) is 0 Å². The molecule has 8 heteroatoms. The van der Waals surface area contributed by atoms with E-state index >= 15 is 0 Å². The summed E-state index contributed by atoms with van der Waals surface area (Å²) in [5.74, 6) is -0.576. The second-order valence-corrected chi connectivity index (χ2v) is 8.81. The van der Waals surface area contributed by atoms with Crippen molar-refractivity contribution in [1.82, 2.24) is 0 Å². The van der Waals surface area contributed by atoms with Crippen LogP contribution in [0.4, 0.5) is 17.1 Å². The number of ether oxygens (including phenoxy) is 1. The van der Waals surface area contributed by atoms with Crippen molar-refractivity contribution < 1.29 is 24.2 Å². The number of carbonyl (C=O) groups is 3. The minimum Gasteiger partial charge on any atom is -0.396 e. The largest absolute Gasteiger partial charge is 0.396 e. The van der Waals surface area contributed by atoms with Gasteiger partial charge in [-0.05, 0) is 48.7 Å².